The quantitative estimate of drug-likeness (QED) is 0.738. The van der Waals surface area contributed by atoms with Gasteiger partial charge in [0.25, 0.3) is 10.2 Å². The van der Waals surface area contributed by atoms with Crippen molar-refractivity contribution in [2.24, 2.45) is 5.92 Å². The van der Waals surface area contributed by atoms with Gasteiger partial charge in [0.05, 0.1) is 6.10 Å². The zero-order chi connectivity index (χ0) is 12.2. The van der Waals surface area contributed by atoms with Gasteiger partial charge in [0.15, 0.2) is 0 Å². The summed E-state index contributed by atoms with van der Waals surface area (Å²) in [6.07, 6.45) is 1.96. The number of hydrogen-bond donors (Lipinski definition) is 2. The molecule has 6 heteroatoms. The number of nitrogens with one attached hydrogen (secondary N) is 1. The highest BCUT2D eigenvalue weighted by molar-refractivity contribution is 7.87. The second-order valence-corrected chi connectivity index (χ2v) is 6.28. The Morgan fingerprint density at radius 2 is 2.25 bits per heavy atom. The van der Waals surface area contributed by atoms with Crippen LogP contribution in [-0.2, 0) is 10.2 Å². The molecule has 0 aromatic rings. The van der Waals surface area contributed by atoms with Crippen LogP contribution in [0.25, 0.3) is 0 Å². The maximum atomic E-state index is 11.9. The van der Waals surface area contributed by atoms with Gasteiger partial charge in [0, 0.05) is 19.6 Å². The number of hydrogen-bond acceptors (Lipinski definition) is 3. The van der Waals surface area contributed by atoms with Crippen molar-refractivity contribution in [1.29, 1.82) is 0 Å². The van der Waals surface area contributed by atoms with Crippen molar-refractivity contribution in [2.45, 2.75) is 39.2 Å². The molecule has 1 rings (SSSR count). The first kappa shape index (κ1) is 13.9. The average Bonchev–Trinajstić information content (AvgIpc) is 2.26. The predicted molar refractivity (Wildman–Crippen MR) is 63.2 cm³/mol. The standard InChI is InChI=1S/C10H22N2O3S/c1-3-10(13)7-11-16(14,15)12-6-4-5-9(2)8-12/h9-11,13H,3-8H2,1-2H3. The lowest BCUT2D eigenvalue weighted by atomic mass is 10.0. The van der Waals surface area contributed by atoms with Crippen molar-refractivity contribution in [3.63, 3.8) is 0 Å². The van der Waals surface area contributed by atoms with Gasteiger partial charge in [-0.25, -0.2) is 0 Å². The van der Waals surface area contributed by atoms with Gasteiger partial charge < -0.3 is 5.11 Å². The minimum Gasteiger partial charge on any atom is -0.392 e. The van der Waals surface area contributed by atoms with Crippen LogP contribution < -0.4 is 4.72 Å². The van der Waals surface area contributed by atoms with Crippen LogP contribution in [0.4, 0.5) is 0 Å². The van der Waals surface area contributed by atoms with Crippen LogP contribution in [0.15, 0.2) is 0 Å². The van der Waals surface area contributed by atoms with Crippen molar-refractivity contribution >= 4 is 10.2 Å². The molecule has 5 nitrogen and oxygen atoms in total. The molecule has 0 saturated carbocycles. The molecule has 0 aromatic heterocycles. The fourth-order valence-corrected chi connectivity index (χ4v) is 3.21. The molecule has 2 atom stereocenters. The highest BCUT2D eigenvalue weighted by Gasteiger charge is 2.26. The van der Waals surface area contributed by atoms with E-state index in [0.29, 0.717) is 25.4 Å². The number of nitrogens with zero attached hydrogens (tertiary/aromatic N) is 1. The van der Waals surface area contributed by atoms with Crippen LogP contribution in [0, 0.1) is 5.92 Å². The van der Waals surface area contributed by atoms with Gasteiger partial charge in [-0.3, -0.25) is 0 Å². The minimum atomic E-state index is -3.40. The van der Waals surface area contributed by atoms with E-state index in [1.54, 1.807) is 0 Å². The van der Waals surface area contributed by atoms with E-state index in [1.165, 1.54) is 4.31 Å². The second kappa shape index (κ2) is 5.95. The van der Waals surface area contributed by atoms with E-state index in [2.05, 4.69) is 11.6 Å². The first-order valence-electron chi connectivity index (χ1n) is 5.88. The molecule has 1 fully saturated rings. The molecule has 1 aliphatic rings. The van der Waals surface area contributed by atoms with Gasteiger partial charge in [0.2, 0.25) is 0 Å². The summed E-state index contributed by atoms with van der Waals surface area (Å²) in [7, 11) is -3.40. The fourth-order valence-electron chi connectivity index (χ4n) is 1.80. The zero-order valence-corrected chi connectivity index (χ0v) is 10.8. The van der Waals surface area contributed by atoms with Crippen LogP contribution in [0.1, 0.15) is 33.1 Å². The molecule has 0 spiro atoms. The SMILES string of the molecule is CCC(O)CNS(=O)(=O)N1CCCC(C)C1. The van der Waals surface area contributed by atoms with Crippen molar-refractivity contribution in [2.75, 3.05) is 19.6 Å². The second-order valence-electron chi connectivity index (χ2n) is 4.52. The summed E-state index contributed by atoms with van der Waals surface area (Å²) < 4.78 is 27.6. The molecule has 16 heavy (non-hydrogen) atoms. The largest absolute Gasteiger partial charge is 0.392 e. The Kier molecular flexibility index (Phi) is 5.17. The van der Waals surface area contributed by atoms with Gasteiger partial charge in [-0.1, -0.05) is 13.8 Å². The van der Waals surface area contributed by atoms with Crippen LogP contribution in [0.2, 0.25) is 0 Å². The Labute approximate surface area is 98.0 Å². The molecular formula is C10H22N2O3S. The molecule has 0 radical (unpaired) electrons. The van der Waals surface area contributed by atoms with E-state index >= 15 is 0 Å². The number of aliphatic hydroxyl groups excluding tert-OH is 1. The third-order valence-electron chi connectivity index (χ3n) is 2.93. The topological polar surface area (TPSA) is 69.6 Å². The first-order chi connectivity index (χ1) is 7.45. The lowest BCUT2D eigenvalue weighted by Gasteiger charge is -2.30. The lowest BCUT2D eigenvalue weighted by molar-refractivity contribution is 0.172. The molecule has 1 heterocycles. The molecule has 2 unspecified atom stereocenters. The van der Waals surface area contributed by atoms with E-state index in [0.717, 1.165) is 12.8 Å². The Bertz CT molecular complexity index is 305. The van der Waals surface area contributed by atoms with E-state index in [-0.39, 0.29) is 6.54 Å². The third-order valence-corrected chi connectivity index (χ3v) is 4.48. The fraction of sp³-hybridized carbons (Fsp3) is 1.00. The molecule has 0 aromatic carbocycles. The molecule has 0 amide bonds. The molecule has 0 bridgehead atoms. The lowest BCUT2D eigenvalue weighted by Crippen LogP contribution is -2.47. The number of aliphatic hydroxyl groups is 1. The summed E-state index contributed by atoms with van der Waals surface area (Å²) in [4.78, 5) is 0. The van der Waals surface area contributed by atoms with E-state index in [1.807, 2.05) is 6.92 Å². The summed E-state index contributed by atoms with van der Waals surface area (Å²) >= 11 is 0. The third kappa shape index (κ3) is 4.01. The van der Waals surface area contributed by atoms with Crippen molar-refractivity contribution in [1.82, 2.24) is 9.03 Å². The molecule has 0 aliphatic carbocycles. The Balaban J connectivity index is 2.49. The van der Waals surface area contributed by atoms with Crippen LogP contribution in [0.5, 0.6) is 0 Å². The molecule has 1 saturated heterocycles. The minimum absolute atomic E-state index is 0.101. The summed E-state index contributed by atoms with van der Waals surface area (Å²) in [5, 5.41) is 9.33. The molecule has 2 N–H and O–H groups in total. The van der Waals surface area contributed by atoms with Crippen molar-refractivity contribution in [3.8, 4) is 0 Å². The van der Waals surface area contributed by atoms with Gasteiger partial charge in [-0.2, -0.15) is 17.4 Å². The highest BCUT2D eigenvalue weighted by atomic mass is 32.2. The van der Waals surface area contributed by atoms with Crippen molar-refractivity contribution in [3.05, 3.63) is 0 Å². The van der Waals surface area contributed by atoms with Crippen LogP contribution in [-0.4, -0.2) is 43.6 Å². The maximum absolute atomic E-state index is 11.9. The molecule has 96 valence electrons. The summed E-state index contributed by atoms with van der Waals surface area (Å²) in [5.74, 6) is 0.418. The van der Waals surface area contributed by atoms with Crippen molar-refractivity contribution < 1.29 is 13.5 Å². The Morgan fingerprint density at radius 3 is 2.81 bits per heavy atom. The van der Waals surface area contributed by atoms with Gasteiger partial charge >= 0.3 is 0 Å². The Hall–Kier alpha value is -0.170. The average molecular weight is 250 g/mol. The highest BCUT2D eigenvalue weighted by Crippen LogP contribution is 2.17. The summed E-state index contributed by atoms with van der Waals surface area (Å²) in [6.45, 7) is 5.15. The molecular weight excluding hydrogens is 228 g/mol. The van der Waals surface area contributed by atoms with Gasteiger partial charge in [-0.05, 0) is 25.2 Å². The monoisotopic (exact) mass is 250 g/mol. The number of rotatable bonds is 5. The normalized spacial score (nSPS) is 25.6. The summed E-state index contributed by atoms with van der Waals surface area (Å²) in [6, 6.07) is 0. The van der Waals surface area contributed by atoms with E-state index in [9.17, 15) is 13.5 Å². The van der Waals surface area contributed by atoms with Gasteiger partial charge in [0.1, 0.15) is 0 Å². The smallest absolute Gasteiger partial charge is 0.279 e. The zero-order valence-electron chi connectivity index (χ0n) is 10.0. The van der Waals surface area contributed by atoms with Crippen LogP contribution >= 0.6 is 0 Å². The van der Waals surface area contributed by atoms with E-state index in [4.69, 9.17) is 0 Å². The van der Waals surface area contributed by atoms with E-state index < -0.39 is 16.3 Å². The summed E-state index contributed by atoms with van der Waals surface area (Å²) in [5.41, 5.74) is 0. The van der Waals surface area contributed by atoms with Crippen LogP contribution in [0.3, 0.4) is 0 Å². The molecule has 1 aliphatic heterocycles. The number of piperidine rings is 1. The first-order valence-corrected chi connectivity index (χ1v) is 7.32. The maximum Gasteiger partial charge on any atom is 0.279 e. The van der Waals surface area contributed by atoms with Gasteiger partial charge in [-0.15, -0.1) is 0 Å². The Morgan fingerprint density at radius 1 is 1.56 bits per heavy atom. The predicted octanol–water partition coefficient (Wildman–Crippen LogP) is 0.324.